The molecule has 36 heavy (non-hydrogen) atoms. The van der Waals surface area contributed by atoms with Gasteiger partial charge in [-0.15, -0.1) is 0 Å². The maximum Gasteiger partial charge on any atom is 0.416 e. The summed E-state index contributed by atoms with van der Waals surface area (Å²) in [6.45, 7) is 2.50. The van der Waals surface area contributed by atoms with Crippen molar-refractivity contribution >= 4 is 50.5 Å². The third-order valence-electron chi connectivity index (χ3n) is 5.94. The zero-order valence-corrected chi connectivity index (χ0v) is 19.8. The Labute approximate surface area is 209 Å². The minimum Gasteiger partial charge on any atom is -0.334 e. The van der Waals surface area contributed by atoms with E-state index in [1.165, 1.54) is 24.3 Å². The van der Waals surface area contributed by atoms with Crippen molar-refractivity contribution in [1.82, 2.24) is 9.55 Å². The second-order valence-corrected chi connectivity index (χ2v) is 8.80. The Morgan fingerprint density at radius 3 is 2.25 bits per heavy atom. The van der Waals surface area contributed by atoms with E-state index in [1.54, 1.807) is 18.3 Å². The van der Waals surface area contributed by atoms with Crippen molar-refractivity contribution in [3.05, 3.63) is 102 Å². The van der Waals surface area contributed by atoms with Crippen molar-refractivity contribution in [2.45, 2.75) is 19.6 Å². The van der Waals surface area contributed by atoms with Crippen LogP contribution in [0.4, 0.5) is 28.9 Å². The monoisotopic (exact) mass is 508 g/mol. The Bertz CT molecular complexity index is 1570. The molecule has 2 aromatic heterocycles. The molecule has 182 valence electrons. The van der Waals surface area contributed by atoms with Crippen LogP contribution in [0.15, 0.2) is 79.0 Å². The fourth-order valence-electron chi connectivity index (χ4n) is 4.27. The van der Waals surface area contributed by atoms with Gasteiger partial charge in [-0.3, -0.25) is 4.98 Å². The molecule has 0 bridgehead atoms. The number of thiocarbonyl (C=S) groups is 1. The van der Waals surface area contributed by atoms with Gasteiger partial charge in [-0.1, -0.05) is 12.1 Å². The van der Waals surface area contributed by atoms with Gasteiger partial charge in [-0.2, -0.15) is 13.2 Å². The number of aryl methyl sites for hydroxylation is 1. The topological polar surface area (TPSA) is 41.9 Å². The predicted molar refractivity (Wildman–Crippen MR) is 139 cm³/mol. The number of aromatic nitrogens is 2. The zero-order valence-electron chi connectivity index (χ0n) is 19.0. The van der Waals surface area contributed by atoms with Crippen molar-refractivity contribution in [3.63, 3.8) is 0 Å². The molecule has 0 unspecified atom stereocenters. The molecule has 3 aromatic carbocycles. The lowest BCUT2D eigenvalue weighted by Crippen LogP contribution is -2.19. The Balaban J connectivity index is 1.44. The number of fused-ring (bicyclic) bond motifs is 3. The third-order valence-corrected chi connectivity index (χ3v) is 6.14. The fourth-order valence-corrected chi connectivity index (χ4v) is 4.51. The van der Waals surface area contributed by atoms with Crippen LogP contribution in [0.25, 0.3) is 21.8 Å². The first-order chi connectivity index (χ1) is 17.2. The van der Waals surface area contributed by atoms with E-state index in [0.29, 0.717) is 12.2 Å². The Morgan fingerprint density at radius 1 is 0.889 bits per heavy atom. The summed E-state index contributed by atoms with van der Waals surface area (Å²) in [4.78, 5) is 4.46. The molecule has 0 fully saturated rings. The molecular weight excluding hydrogens is 488 g/mol. The number of anilines is 2. The van der Waals surface area contributed by atoms with E-state index in [-0.39, 0.29) is 10.9 Å². The summed E-state index contributed by atoms with van der Waals surface area (Å²) in [7, 11) is 0. The van der Waals surface area contributed by atoms with Gasteiger partial charge in [0.05, 0.1) is 16.8 Å². The molecular formula is C27H20F4N4S. The Kier molecular flexibility index (Phi) is 6.09. The molecule has 0 spiro atoms. The van der Waals surface area contributed by atoms with Crippen LogP contribution in [0.2, 0.25) is 0 Å². The van der Waals surface area contributed by atoms with Crippen LogP contribution in [-0.2, 0) is 12.7 Å². The number of benzene rings is 3. The lowest BCUT2D eigenvalue weighted by molar-refractivity contribution is -0.137. The first-order valence-electron chi connectivity index (χ1n) is 11.1. The van der Waals surface area contributed by atoms with Crippen LogP contribution in [0.1, 0.15) is 16.8 Å². The summed E-state index contributed by atoms with van der Waals surface area (Å²) < 4.78 is 53.9. The number of nitrogens with zero attached hydrogens (tertiary/aromatic N) is 2. The molecule has 9 heteroatoms. The highest BCUT2D eigenvalue weighted by Gasteiger charge is 2.29. The van der Waals surface area contributed by atoms with Gasteiger partial charge in [0.2, 0.25) is 0 Å². The normalized spacial score (nSPS) is 11.7. The molecule has 0 atom stereocenters. The van der Waals surface area contributed by atoms with Crippen molar-refractivity contribution in [2.24, 2.45) is 0 Å². The molecule has 0 amide bonds. The van der Waals surface area contributed by atoms with E-state index in [2.05, 4.69) is 20.2 Å². The largest absolute Gasteiger partial charge is 0.416 e. The van der Waals surface area contributed by atoms with Crippen LogP contribution in [-0.4, -0.2) is 14.7 Å². The van der Waals surface area contributed by atoms with Gasteiger partial charge in [-0.25, -0.2) is 4.39 Å². The van der Waals surface area contributed by atoms with E-state index in [4.69, 9.17) is 12.2 Å². The molecule has 0 saturated heterocycles. The van der Waals surface area contributed by atoms with Gasteiger partial charge >= 0.3 is 6.18 Å². The molecule has 0 aliphatic heterocycles. The Hall–Kier alpha value is -3.98. The molecule has 0 radical (unpaired) electrons. The van der Waals surface area contributed by atoms with Crippen LogP contribution in [0, 0.1) is 12.7 Å². The molecule has 2 heterocycles. The lowest BCUT2D eigenvalue weighted by Gasteiger charge is -2.12. The quantitative estimate of drug-likeness (QED) is 0.195. The van der Waals surface area contributed by atoms with Gasteiger partial charge in [0.25, 0.3) is 0 Å². The number of rotatable bonds is 4. The molecule has 0 aliphatic carbocycles. The van der Waals surface area contributed by atoms with Crippen LogP contribution >= 0.6 is 12.2 Å². The third kappa shape index (κ3) is 4.74. The minimum atomic E-state index is -4.39. The molecule has 5 aromatic rings. The van der Waals surface area contributed by atoms with E-state index >= 15 is 0 Å². The van der Waals surface area contributed by atoms with Crippen molar-refractivity contribution in [1.29, 1.82) is 0 Å². The van der Waals surface area contributed by atoms with E-state index in [1.807, 2.05) is 31.2 Å². The van der Waals surface area contributed by atoms with Gasteiger partial charge in [0, 0.05) is 40.4 Å². The zero-order chi connectivity index (χ0) is 25.4. The summed E-state index contributed by atoms with van der Waals surface area (Å²) in [5.41, 5.74) is 4.25. The fraction of sp³-hybridized carbons (Fsp3) is 0.111. The Morgan fingerprint density at radius 2 is 1.56 bits per heavy atom. The summed E-state index contributed by atoms with van der Waals surface area (Å²) in [6, 6.07) is 18.9. The average molecular weight is 509 g/mol. The summed E-state index contributed by atoms with van der Waals surface area (Å²) in [5, 5.41) is 8.27. The van der Waals surface area contributed by atoms with Crippen molar-refractivity contribution < 1.29 is 17.6 Å². The SMILES string of the molecule is Cc1nccc2c3cc(NC(=S)Nc4ccc(C(F)(F)F)cc4)ccc3n(Cc3ccc(F)cc3)c12. The number of halogens is 4. The smallest absolute Gasteiger partial charge is 0.334 e. The van der Waals surface area contributed by atoms with E-state index in [0.717, 1.165) is 50.9 Å². The molecule has 4 nitrogen and oxygen atoms in total. The van der Waals surface area contributed by atoms with Gasteiger partial charge in [0.15, 0.2) is 5.11 Å². The van der Waals surface area contributed by atoms with E-state index in [9.17, 15) is 17.6 Å². The van der Waals surface area contributed by atoms with Gasteiger partial charge in [0.1, 0.15) is 5.82 Å². The number of alkyl halides is 3. The maximum atomic E-state index is 13.4. The maximum absolute atomic E-state index is 13.4. The molecule has 5 rings (SSSR count). The summed E-state index contributed by atoms with van der Waals surface area (Å²) >= 11 is 5.38. The van der Waals surface area contributed by atoms with Crippen LogP contribution in [0.3, 0.4) is 0 Å². The second kappa shape index (κ2) is 9.23. The molecule has 2 N–H and O–H groups in total. The number of pyridine rings is 1. The van der Waals surface area contributed by atoms with Crippen LogP contribution < -0.4 is 10.6 Å². The van der Waals surface area contributed by atoms with Gasteiger partial charge in [-0.05, 0) is 85.4 Å². The number of nitrogens with one attached hydrogen (secondary N) is 2. The molecule has 0 saturated carbocycles. The standard InChI is InChI=1S/C27H20F4N4S/c1-16-25-22(12-13-32-16)23-14-21(10-11-24(23)35(25)15-17-2-6-19(28)7-3-17)34-26(36)33-20-8-4-18(5-9-20)27(29,30)31/h2-14H,15H2,1H3,(H2,33,34,36). The first-order valence-corrected chi connectivity index (χ1v) is 11.5. The first kappa shape index (κ1) is 23.7. The summed E-state index contributed by atoms with van der Waals surface area (Å²) in [6.07, 6.45) is -2.63. The average Bonchev–Trinajstić information content (AvgIpc) is 3.14. The number of hydrogen-bond acceptors (Lipinski definition) is 2. The van der Waals surface area contributed by atoms with Crippen molar-refractivity contribution in [2.75, 3.05) is 10.6 Å². The lowest BCUT2D eigenvalue weighted by atomic mass is 10.1. The van der Waals surface area contributed by atoms with E-state index < -0.39 is 11.7 Å². The van der Waals surface area contributed by atoms with Crippen LogP contribution in [0.5, 0.6) is 0 Å². The highest BCUT2D eigenvalue weighted by Crippen LogP contribution is 2.33. The molecule has 0 aliphatic rings. The summed E-state index contributed by atoms with van der Waals surface area (Å²) in [5.74, 6) is -0.282. The predicted octanol–water partition coefficient (Wildman–Crippen LogP) is 7.51. The number of hydrogen-bond donors (Lipinski definition) is 2. The van der Waals surface area contributed by atoms with Crippen molar-refractivity contribution in [3.8, 4) is 0 Å². The van der Waals surface area contributed by atoms with Gasteiger partial charge < -0.3 is 15.2 Å². The highest BCUT2D eigenvalue weighted by molar-refractivity contribution is 7.80. The minimum absolute atomic E-state index is 0.252. The highest BCUT2D eigenvalue weighted by atomic mass is 32.1. The second-order valence-electron chi connectivity index (χ2n) is 8.39.